The van der Waals surface area contributed by atoms with Crippen molar-refractivity contribution in [2.24, 2.45) is 0 Å². The molecule has 3 aliphatic rings. The monoisotopic (exact) mass is 479 g/mol. The van der Waals surface area contributed by atoms with E-state index >= 15 is 0 Å². The standard InChI is InChI=1S/C28H37N3O2S/c1-20-10-6-7-17-30(20)18-9-16-29-27(32)25-22-13-4-5-14-23(22)28(33)31(21-11-2-3-12-21)26(25)24-15-8-19-34-24/h4-5,8,13-15,19-21,25-26H,2-3,6-7,9-12,16-18H2,1H3,(H,29,32)/t20-,25-,26-/m1/s1. The van der Waals surface area contributed by atoms with Gasteiger partial charge in [-0.3, -0.25) is 9.59 Å². The number of carbonyl (C=O) groups is 2. The molecule has 5 nitrogen and oxygen atoms in total. The Morgan fingerprint density at radius 3 is 2.62 bits per heavy atom. The number of fused-ring (bicyclic) bond motifs is 1. The van der Waals surface area contributed by atoms with Gasteiger partial charge in [-0.15, -0.1) is 11.3 Å². The number of benzene rings is 1. The van der Waals surface area contributed by atoms with Crippen molar-refractivity contribution in [2.45, 2.75) is 82.3 Å². The Labute approximate surface area is 207 Å². The largest absolute Gasteiger partial charge is 0.355 e. The number of hydrogen-bond donors (Lipinski definition) is 1. The number of hydrogen-bond acceptors (Lipinski definition) is 4. The van der Waals surface area contributed by atoms with Gasteiger partial charge < -0.3 is 15.1 Å². The van der Waals surface area contributed by atoms with Crippen LogP contribution in [0.4, 0.5) is 0 Å². The zero-order chi connectivity index (χ0) is 23.5. The number of thiophene rings is 1. The third-order valence-corrected chi connectivity index (χ3v) is 9.02. The Balaban J connectivity index is 1.38. The molecule has 5 rings (SSSR count). The third-order valence-electron chi connectivity index (χ3n) is 8.07. The van der Waals surface area contributed by atoms with Crippen LogP contribution in [0.2, 0.25) is 0 Å². The summed E-state index contributed by atoms with van der Waals surface area (Å²) in [6.45, 7) is 5.19. The maximum absolute atomic E-state index is 13.8. The highest BCUT2D eigenvalue weighted by atomic mass is 32.1. The van der Waals surface area contributed by atoms with Gasteiger partial charge in [0.05, 0.1) is 12.0 Å². The molecule has 0 bridgehead atoms. The molecule has 3 atom stereocenters. The number of carbonyl (C=O) groups excluding carboxylic acids is 2. The Kier molecular flexibility index (Phi) is 7.35. The molecule has 0 spiro atoms. The Hall–Kier alpha value is -2.18. The molecule has 2 aromatic rings. The number of amides is 2. The predicted octanol–water partition coefficient (Wildman–Crippen LogP) is 5.35. The van der Waals surface area contributed by atoms with E-state index < -0.39 is 0 Å². The van der Waals surface area contributed by atoms with Crippen LogP contribution >= 0.6 is 11.3 Å². The van der Waals surface area contributed by atoms with Crippen molar-refractivity contribution in [1.29, 1.82) is 0 Å². The topological polar surface area (TPSA) is 52.7 Å². The summed E-state index contributed by atoms with van der Waals surface area (Å²) in [6.07, 6.45) is 9.20. The van der Waals surface area contributed by atoms with E-state index in [9.17, 15) is 9.59 Å². The number of rotatable bonds is 7. The van der Waals surface area contributed by atoms with Gasteiger partial charge in [0, 0.05) is 35.6 Å². The summed E-state index contributed by atoms with van der Waals surface area (Å²) in [4.78, 5) is 33.3. The molecule has 2 amide bonds. The van der Waals surface area contributed by atoms with Crippen LogP contribution in [0.5, 0.6) is 0 Å². The summed E-state index contributed by atoms with van der Waals surface area (Å²) in [5, 5.41) is 5.32. The fourth-order valence-corrected chi connectivity index (χ4v) is 7.13. The number of nitrogens with zero attached hydrogens (tertiary/aromatic N) is 2. The van der Waals surface area contributed by atoms with Crippen LogP contribution in [0, 0.1) is 0 Å². The van der Waals surface area contributed by atoms with Crippen LogP contribution in [-0.4, -0.2) is 53.3 Å². The molecule has 2 aliphatic heterocycles. The molecular formula is C28H37N3O2S. The van der Waals surface area contributed by atoms with Gasteiger partial charge in [0.25, 0.3) is 5.91 Å². The van der Waals surface area contributed by atoms with E-state index in [-0.39, 0.29) is 29.8 Å². The maximum Gasteiger partial charge on any atom is 0.254 e. The Morgan fingerprint density at radius 1 is 1.06 bits per heavy atom. The second-order valence-electron chi connectivity index (χ2n) is 10.2. The summed E-state index contributed by atoms with van der Waals surface area (Å²) < 4.78 is 0. The molecule has 1 saturated carbocycles. The first kappa shape index (κ1) is 23.6. The fraction of sp³-hybridized carbons (Fsp3) is 0.571. The molecule has 1 N–H and O–H groups in total. The lowest BCUT2D eigenvalue weighted by atomic mass is 9.80. The normalized spacial score (nSPS) is 26.0. The smallest absolute Gasteiger partial charge is 0.254 e. The highest BCUT2D eigenvalue weighted by Gasteiger charge is 2.47. The summed E-state index contributed by atoms with van der Waals surface area (Å²) in [5.74, 6) is -0.237. The summed E-state index contributed by atoms with van der Waals surface area (Å²) >= 11 is 1.66. The van der Waals surface area contributed by atoms with E-state index in [4.69, 9.17) is 0 Å². The average Bonchev–Trinajstić information content (AvgIpc) is 3.57. The van der Waals surface area contributed by atoms with Crippen LogP contribution in [0.15, 0.2) is 41.8 Å². The van der Waals surface area contributed by atoms with Crippen LogP contribution < -0.4 is 5.32 Å². The Morgan fingerprint density at radius 2 is 1.85 bits per heavy atom. The van der Waals surface area contributed by atoms with Crippen molar-refractivity contribution in [1.82, 2.24) is 15.1 Å². The van der Waals surface area contributed by atoms with Gasteiger partial charge in [-0.25, -0.2) is 0 Å². The summed E-state index contributed by atoms with van der Waals surface area (Å²) in [5.41, 5.74) is 1.58. The first-order valence-corrected chi connectivity index (χ1v) is 14.0. The number of likely N-dealkylation sites (tertiary alicyclic amines) is 1. The molecule has 3 heterocycles. The average molecular weight is 480 g/mol. The SMILES string of the molecule is C[C@@H]1CCCCN1CCCNC(=O)[C@@H]1c2ccccc2C(=O)N(C2CCCC2)[C@@H]1c1cccs1. The predicted molar refractivity (Wildman–Crippen MR) is 137 cm³/mol. The van der Waals surface area contributed by atoms with E-state index in [1.54, 1.807) is 11.3 Å². The molecule has 2 fully saturated rings. The van der Waals surface area contributed by atoms with E-state index in [1.165, 1.54) is 25.8 Å². The molecule has 0 unspecified atom stereocenters. The highest BCUT2D eigenvalue weighted by Crippen LogP contribution is 2.47. The lowest BCUT2D eigenvalue weighted by Crippen LogP contribution is -2.50. The number of nitrogens with one attached hydrogen (secondary N) is 1. The third kappa shape index (κ3) is 4.67. The molecule has 182 valence electrons. The van der Waals surface area contributed by atoms with Crippen molar-refractivity contribution in [3.63, 3.8) is 0 Å². The lowest BCUT2D eigenvalue weighted by molar-refractivity contribution is -0.124. The van der Waals surface area contributed by atoms with E-state index in [0.717, 1.165) is 49.1 Å². The maximum atomic E-state index is 13.8. The van der Waals surface area contributed by atoms with Crippen molar-refractivity contribution >= 4 is 23.2 Å². The minimum Gasteiger partial charge on any atom is -0.355 e. The zero-order valence-electron chi connectivity index (χ0n) is 20.2. The lowest BCUT2D eigenvalue weighted by Gasteiger charge is -2.44. The van der Waals surface area contributed by atoms with Gasteiger partial charge in [0.1, 0.15) is 0 Å². The zero-order valence-corrected chi connectivity index (χ0v) is 21.1. The first-order chi connectivity index (χ1) is 16.6. The van der Waals surface area contributed by atoms with Crippen molar-refractivity contribution in [2.75, 3.05) is 19.6 Å². The summed E-state index contributed by atoms with van der Waals surface area (Å²) in [6, 6.07) is 12.5. The van der Waals surface area contributed by atoms with Crippen LogP contribution in [0.25, 0.3) is 0 Å². The summed E-state index contributed by atoms with van der Waals surface area (Å²) in [7, 11) is 0. The highest BCUT2D eigenvalue weighted by molar-refractivity contribution is 7.10. The van der Waals surface area contributed by atoms with Crippen molar-refractivity contribution in [3.8, 4) is 0 Å². The van der Waals surface area contributed by atoms with Crippen LogP contribution in [-0.2, 0) is 4.79 Å². The fourth-order valence-electron chi connectivity index (χ4n) is 6.27. The van der Waals surface area contributed by atoms with Gasteiger partial charge in [-0.05, 0) is 68.6 Å². The minimum absolute atomic E-state index is 0.0491. The minimum atomic E-state index is -0.373. The van der Waals surface area contributed by atoms with Gasteiger partial charge in [-0.1, -0.05) is 43.5 Å². The van der Waals surface area contributed by atoms with Crippen LogP contribution in [0.1, 0.15) is 91.0 Å². The van der Waals surface area contributed by atoms with Gasteiger partial charge in [0.15, 0.2) is 0 Å². The molecule has 1 aromatic heterocycles. The molecule has 1 aromatic carbocycles. The van der Waals surface area contributed by atoms with Crippen LogP contribution in [0.3, 0.4) is 0 Å². The van der Waals surface area contributed by atoms with E-state index in [0.29, 0.717) is 18.2 Å². The first-order valence-electron chi connectivity index (χ1n) is 13.1. The van der Waals surface area contributed by atoms with Gasteiger partial charge in [-0.2, -0.15) is 0 Å². The molecular weight excluding hydrogens is 442 g/mol. The quantitative estimate of drug-likeness (QED) is 0.545. The molecule has 0 radical (unpaired) electrons. The van der Waals surface area contributed by atoms with E-state index in [2.05, 4.69) is 33.5 Å². The molecule has 1 saturated heterocycles. The molecule has 1 aliphatic carbocycles. The van der Waals surface area contributed by atoms with Gasteiger partial charge in [0.2, 0.25) is 5.91 Å². The second kappa shape index (κ2) is 10.6. The molecule has 6 heteroatoms. The van der Waals surface area contributed by atoms with Crippen molar-refractivity contribution in [3.05, 3.63) is 57.8 Å². The second-order valence-corrected chi connectivity index (χ2v) is 11.2. The van der Waals surface area contributed by atoms with Gasteiger partial charge >= 0.3 is 0 Å². The number of piperidine rings is 1. The Bertz CT molecular complexity index is 985. The van der Waals surface area contributed by atoms with E-state index in [1.807, 2.05) is 30.3 Å². The molecule has 34 heavy (non-hydrogen) atoms. The van der Waals surface area contributed by atoms with Crippen molar-refractivity contribution < 1.29 is 9.59 Å².